The Morgan fingerprint density at radius 2 is 1.88 bits per heavy atom. The van der Waals surface area contributed by atoms with E-state index in [-0.39, 0.29) is 42.7 Å². The van der Waals surface area contributed by atoms with Gasteiger partial charge in [-0.15, -0.1) is 0 Å². The fourth-order valence-corrected chi connectivity index (χ4v) is 5.15. The number of carbonyl (C=O) groups excluding carboxylic acids is 2. The van der Waals surface area contributed by atoms with Gasteiger partial charge in [0, 0.05) is 32.1 Å². The van der Waals surface area contributed by atoms with Gasteiger partial charge >= 0.3 is 5.97 Å². The van der Waals surface area contributed by atoms with Crippen molar-refractivity contribution in [1.82, 2.24) is 10.2 Å². The number of rotatable bonds is 9. The molecular weight excluding hydrogens is 436 g/mol. The van der Waals surface area contributed by atoms with Gasteiger partial charge in [0.15, 0.2) is 0 Å². The molecule has 1 saturated heterocycles. The molecule has 0 bridgehead atoms. The Balaban J connectivity index is 2.66. The van der Waals surface area contributed by atoms with E-state index in [1.807, 2.05) is 19.9 Å². The molecule has 1 aromatic carbocycles. The third kappa shape index (κ3) is 5.71. The first kappa shape index (κ1) is 27.6. The Kier molecular flexibility index (Phi) is 8.75. The maximum Gasteiger partial charge on any atom is 0.329 e. The number of ether oxygens (including phenoxy) is 2. The molecule has 0 saturated carbocycles. The molecule has 1 aliphatic rings. The smallest absolute Gasteiger partial charge is 0.329 e. The zero-order valence-corrected chi connectivity index (χ0v) is 21.7. The Bertz CT molecular complexity index is 907. The number of carboxylic acids is 1. The number of carbonyl (C=O) groups is 3. The second kappa shape index (κ2) is 10.8. The van der Waals surface area contributed by atoms with E-state index in [4.69, 9.17) is 9.47 Å². The lowest BCUT2D eigenvalue weighted by atomic mass is 9.83. The lowest BCUT2D eigenvalue weighted by molar-refractivity contribution is -0.150. The first-order valence-corrected chi connectivity index (χ1v) is 11.8. The van der Waals surface area contributed by atoms with Crippen molar-refractivity contribution in [2.75, 3.05) is 27.4 Å². The van der Waals surface area contributed by atoms with Gasteiger partial charge in [0.05, 0.1) is 19.8 Å². The Labute approximate surface area is 203 Å². The summed E-state index contributed by atoms with van der Waals surface area (Å²) in [6, 6.07) is 4.75. The highest BCUT2D eigenvalue weighted by Gasteiger charge is 2.58. The minimum atomic E-state index is -1.41. The first-order chi connectivity index (χ1) is 15.8. The first-order valence-electron chi connectivity index (χ1n) is 11.8. The van der Waals surface area contributed by atoms with Gasteiger partial charge in [0.1, 0.15) is 11.3 Å². The monoisotopic (exact) mass is 476 g/mol. The number of hydrogen-bond acceptors (Lipinski definition) is 5. The molecule has 1 aromatic rings. The number of benzene rings is 1. The summed E-state index contributed by atoms with van der Waals surface area (Å²) in [7, 11) is 3.12. The van der Waals surface area contributed by atoms with Crippen LogP contribution in [0.25, 0.3) is 0 Å². The molecule has 1 aliphatic heterocycles. The molecule has 0 aromatic heterocycles. The van der Waals surface area contributed by atoms with Crippen molar-refractivity contribution in [2.24, 2.45) is 11.8 Å². The van der Waals surface area contributed by atoms with E-state index in [9.17, 15) is 19.5 Å². The van der Waals surface area contributed by atoms with E-state index in [1.54, 1.807) is 26.4 Å². The van der Waals surface area contributed by atoms with E-state index in [1.165, 1.54) is 11.8 Å². The van der Waals surface area contributed by atoms with Crippen LogP contribution in [0.1, 0.15) is 70.3 Å². The molecule has 3 atom stereocenters. The second-order valence-corrected chi connectivity index (χ2v) is 10.7. The number of carboxylic acid groups (broad SMARTS) is 1. The number of nitrogens with one attached hydrogen (secondary N) is 1. The lowest BCUT2D eigenvalue weighted by Gasteiger charge is -2.39. The molecule has 8 nitrogen and oxygen atoms in total. The van der Waals surface area contributed by atoms with Crippen molar-refractivity contribution in [1.29, 1.82) is 0 Å². The van der Waals surface area contributed by atoms with Crippen LogP contribution in [-0.4, -0.2) is 66.7 Å². The number of hydrogen-bond donors (Lipinski definition) is 2. The molecule has 1 fully saturated rings. The molecule has 190 valence electrons. The molecular formula is C26H40N2O6. The second-order valence-electron chi connectivity index (χ2n) is 10.7. The molecule has 34 heavy (non-hydrogen) atoms. The van der Waals surface area contributed by atoms with Gasteiger partial charge < -0.3 is 24.8 Å². The van der Waals surface area contributed by atoms with Crippen LogP contribution in [-0.2, 0) is 19.7 Å². The van der Waals surface area contributed by atoms with E-state index in [0.717, 1.165) is 5.56 Å². The molecule has 0 aliphatic carbocycles. The van der Waals surface area contributed by atoms with Crippen molar-refractivity contribution in [3.05, 3.63) is 29.3 Å². The minimum Gasteiger partial charge on any atom is -0.496 e. The van der Waals surface area contributed by atoms with Gasteiger partial charge in [-0.25, -0.2) is 4.79 Å². The normalized spacial score (nSPS) is 22.7. The van der Waals surface area contributed by atoms with Crippen LogP contribution in [0.4, 0.5) is 0 Å². The molecule has 0 spiro atoms. The zero-order chi connectivity index (χ0) is 25.8. The van der Waals surface area contributed by atoms with Crippen LogP contribution in [0.3, 0.4) is 0 Å². The summed E-state index contributed by atoms with van der Waals surface area (Å²) in [5, 5.41) is 13.3. The summed E-state index contributed by atoms with van der Waals surface area (Å²) < 4.78 is 11.0. The summed E-state index contributed by atoms with van der Waals surface area (Å²) in [6.07, 6.45) is 0.545. The minimum absolute atomic E-state index is 0.0342. The predicted octanol–water partition coefficient (Wildman–Crippen LogP) is 3.48. The standard InChI is InChI=1S/C26H40N2O6/c1-16(2)12-26(24(31)32)13-19(15-33-7)21(14-27-17(3)29)28(26)23(30)18-9-10-20(25(4,5)6)22(11-18)34-8/h9-11,16,19,21H,12-15H2,1-8H3,(H,27,29)(H,31,32)/t19-,21+,26+/m1/s1. The van der Waals surface area contributed by atoms with Crippen molar-refractivity contribution < 1.29 is 29.0 Å². The van der Waals surface area contributed by atoms with E-state index < -0.39 is 23.5 Å². The Hall–Kier alpha value is -2.61. The van der Waals surface area contributed by atoms with Gasteiger partial charge in [-0.05, 0) is 41.9 Å². The van der Waals surface area contributed by atoms with Gasteiger partial charge in [0.2, 0.25) is 5.91 Å². The quantitative estimate of drug-likeness (QED) is 0.565. The maximum absolute atomic E-state index is 14.0. The van der Waals surface area contributed by atoms with Crippen LogP contribution >= 0.6 is 0 Å². The molecule has 2 amide bonds. The Morgan fingerprint density at radius 3 is 2.35 bits per heavy atom. The van der Waals surface area contributed by atoms with Crippen molar-refractivity contribution in [3.63, 3.8) is 0 Å². The summed E-state index contributed by atoms with van der Waals surface area (Å²) in [4.78, 5) is 40.0. The molecule has 2 rings (SSSR count). The van der Waals surface area contributed by atoms with Gasteiger partial charge in [-0.1, -0.05) is 40.7 Å². The lowest BCUT2D eigenvalue weighted by Crippen LogP contribution is -2.58. The molecule has 2 N–H and O–H groups in total. The SMILES string of the molecule is COC[C@H]1C[C@@](CC(C)C)(C(=O)O)N(C(=O)c2ccc(C(C)(C)C)c(OC)c2)[C@H]1CNC(C)=O. The third-order valence-corrected chi connectivity index (χ3v) is 6.50. The number of nitrogens with zero attached hydrogens (tertiary/aromatic N) is 1. The van der Waals surface area contributed by atoms with Crippen LogP contribution in [0.5, 0.6) is 5.75 Å². The predicted molar refractivity (Wildman–Crippen MR) is 130 cm³/mol. The Morgan fingerprint density at radius 1 is 1.24 bits per heavy atom. The van der Waals surface area contributed by atoms with Crippen LogP contribution in [0.15, 0.2) is 18.2 Å². The topological polar surface area (TPSA) is 105 Å². The number of amides is 2. The van der Waals surface area contributed by atoms with Crippen molar-refractivity contribution in [2.45, 2.75) is 71.4 Å². The van der Waals surface area contributed by atoms with Crippen LogP contribution in [0.2, 0.25) is 0 Å². The fourth-order valence-electron chi connectivity index (χ4n) is 5.15. The number of likely N-dealkylation sites (tertiary alicyclic amines) is 1. The third-order valence-electron chi connectivity index (χ3n) is 6.50. The number of methoxy groups -OCH3 is 2. The highest BCUT2D eigenvalue weighted by molar-refractivity contribution is 5.99. The summed E-state index contributed by atoms with van der Waals surface area (Å²) in [5.74, 6) is -1.31. The summed E-state index contributed by atoms with van der Waals surface area (Å²) >= 11 is 0. The van der Waals surface area contributed by atoms with E-state index in [2.05, 4.69) is 26.1 Å². The molecule has 0 radical (unpaired) electrons. The van der Waals surface area contributed by atoms with E-state index in [0.29, 0.717) is 17.7 Å². The van der Waals surface area contributed by atoms with Crippen LogP contribution in [0, 0.1) is 11.8 Å². The summed E-state index contributed by atoms with van der Waals surface area (Å²) in [5.41, 5.74) is -0.301. The van der Waals surface area contributed by atoms with Gasteiger partial charge in [-0.2, -0.15) is 0 Å². The molecule has 8 heteroatoms. The number of aliphatic carboxylic acids is 1. The maximum atomic E-state index is 14.0. The molecule has 0 unspecified atom stereocenters. The van der Waals surface area contributed by atoms with Crippen molar-refractivity contribution in [3.8, 4) is 5.75 Å². The van der Waals surface area contributed by atoms with Crippen LogP contribution < -0.4 is 10.1 Å². The highest BCUT2D eigenvalue weighted by atomic mass is 16.5. The van der Waals surface area contributed by atoms with Crippen molar-refractivity contribution >= 4 is 17.8 Å². The van der Waals surface area contributed by atoms with E-state index >= 15 is 0 Å². The van der Waals surface area contributed by atoms with Gasteiger partial charge in [0.25, 0.3) is 5.91 Å². The summed E-state index contributed by atoms with van der Waals surface area (Å²) in [6.45, 7) is 11.9. The average Bonchev–Trinajstić information content (AvgIpc) is 3.04. The van der Waals surface area contributed by atoms with Gasteiger partial charge in [-0.3, -0.25) is 9.59 Å². The largest absolute Gasteiger partial charge is 0.496 e. The average molecular weight is 477 g/mol. The molecule has 1 heterocycles. The fraction of sp³-hybridized carbons (Fsp3) is 0.654. The zero-order valence-electron chi connectivity index (χ0n) is 21.7. The highest BCUT2D eigenvalue weighted by Crippen LogP contribution is 2.44.